The molecular formula is C11H12ClNO4. The fraction of sp³-hybridized carbons (Fsp3) is 0.364. The van der Waals surface area contributed by atoms with E-state index in [1.54, 1.807) is 6.07 Å². The first-order valence-corrected chi connectivity index (χ1v) is 5.44. The maximum Gasteiger partial charge on any atom is 0.320 e. The van der Waals surface area contributed by atoms with Crippen LogP contribution < -0.4 is 15.2 Å². The van der Waals surface area contributed by atoms with Gasteiger partial charge in [-0.2, -0.15) is 0 Å². The first kappa shape index (κ1) is 12.0. The number of hydrogen-bond acceptors (Lipinski definition) is 4. The topological polar surface area (TPSA) is 81.8 Å². The normalized spacial score (nSPS) is 14.8. The third kappa shape index (κ3) is 2.16. The SMILES string of the molecule is Cc1cc2c(c(Cl)c1CC(N)C(=O)O)OCO2. The average molecular weight is 258 g/mol. The number of aryl methyl sites for hydroxylation is 1. The van der Waals surface area contributed by atoms with E-state index >= 15 is 0 Å². The van der Waals surface area contributed by atoms with Gasteiger partial charge in [0.15, 0.2) is 11.5 Å². The van der Waals surface area contributed by atoms with E-state index in [0.29, 0.717) is 22.1 Å². The lowest BCUT2D eigenvalue weighted by Crippen LogP contribution is -2.32. The van der Waals surface area contributed by atoms with Crippen molar-refractivity contribution in [2.75, 3.05) is 6.79 Å². The van der Waals surface area contributed by atoms with Gasteiger partial charge in [-0.05, 0) is 24.1 Å². The summed E-state index contributed by atoms with van der Waals surface area (Å²) in [5.74, 6) is -0.0110. The molecule has 0 amide bonds. The number of nitrogens with two attached hydrogens (primary N) is 1. The van der Waals surface area contributed by atoms with E-state index in [0.717, 1.165) is 5.56 Å². The van der Waals surface area contributed by atoms with Crippen molar-refractivity contribution < 1.29 is 19.4 Å². The fourth-order valence-electron chi connectivity index (χ4n) is 1.72. The first-order chi connectivity index (χ1) is 8.00. The van der Waals surface area contributed by atoms with E-state index in [4.69, 9.17) is 31.9 Å². The molecule has 3 N–H and O–H groups in total. The molecule has 0 spiro atoms. The number of benzene rings is 1. The zero-order valence-corrected chi connectivity index (χ0v) is 9.95. The molecule has 0 saturated carbocycles. The summed E-state index contributed by atoms with van der Waals surface area (Å²) < 4.78 is 10.4. The van der Waals surface area contributed by atoms with Crippen LogP contribution in [-0.2, 0) is 11.2 Å². The van der Waals surface area contributed by atoms with Crippen LogP contribution in [0.5, 0.6) is 11.5 Å². The summed E-state index contributed by atoms with van der Waals surface area (Å²) in [5, 5.41) is 9.18. The Hall–Kier alpha value is -1.46. The molecule has 0 bridgehead atoms. The zero-order chi connectivity index (χ0) is 12.6. The molecule has 1 aromatic carbocycles. The van der Waals surface area contributed by atoms with Crippen molar-refractivity contribution in [3.8, 4) is 11.5 Å². The van der Waals surface area contributed by atoms with Gasteiger partial charge in [0.25, 0.3) is 0 Å². The van der Waals surface area contributed by atoms with Crippen molar-refractivity contribution >= 4 is 17.6 Å². The van der Waals surface area contributed by atoms with E-state index in [-0.39, 0.29) is 13.2 Å². The Labute approximate surface area is 103 Å². The van der Waals surface area contributed by atoms with Crippen LogP contribution in [-0.4, -0.2) is 23.9 Å². The molecule has 1 aliphatic rings. The monoisotopic (exact) mass is 257 g/mol. The second kappa shape index (κ2) is 4.43. The highest BCUT2D eigenvalue weighted by atomic mass is 35.5. The Morgan fingerprint density at radius 3 is 3.00 bits per heavy atom. The number of carboxylic acids is 1. The number of hydrogen-bond donors (Lipinski definition) is 2. The smallest absolute Gasteiger partial charge is 0.320 e. The third-order valence-corrected chi connectivity index (χ3v) is 3.07. The van der Waals surface area contributed by atoms with Crippen molar-refractivity contribution in [1.82, 2.24) is 0 Å². The third-order valence-electron chi connectivity index (χ3n) is 2.67. The Morgan fingerprint density at radius 1 is 1.65 bits per heavy atom. The lowest BCUT2D eigenvalue weighted by molar-refractivity contribution is -0.138. The van der Waals surface area contributed by atoms with Crippen LogP contribution in [0.1, 0.15) is 11.1 Å². The minimum absolute atomic E-state index is 0.128. The maximum absolute atomic E-state index is 10.7. The van der Waals surface area contributed by atoms with Gasteiger partial charge < -0.3 is 20.3 Å². The van der Waals surface area contributed by atoms with Crippen LogP contribution in [0.3, 0.4) is 0 Å². The number of ether oxygens (including phenoxy) is 2. The Bertz CT molecular complexity index is 475. The fourth-order valence-corrected chi connectivity index (χ4v) is 2.09. The average Bonchev–Trinajstić information content (AvgIpc) is 2.71. The van der Waals surface area contributed by atoms with E-state index in [9.17, 15) is 4.79 Å². The van der Waals surface area contributed by atoms with Crippen molar-refractivity contribution in [3.05, 3.63) is 22.2 Å². The molecule has 0 radical (unpaired) electrons. The van der Waals surface area contributed by atoms with Gasteiger partial charge in [0, 0.05) is 6.42 Å². The van der Waals surface area contributed by atoms with Crippen LogP contribution in [0.15, 0.2) is 6.07 Å². The molecule has 0 saturated heterocycles. The highest BCUT2D eigenvalue weighted by Gasteiger charge is 2.24. The molecule has 17 heavy (non-hydrogen) atoms. The molecule has 6 heteroatoms. The highest BCUT2D eigenvalue weighted by molar-refractivity contribution is 6.33. The minimum atomic E-state index is -1.06. The molecular weight excluding hydrogens is 246 g/mol. The van der Waals surface area contributed by atoms with Crippen molar-refractivity contribution in [2.45, 2.75) is 19.4 Å². The second-order valence-corrected chi connectivity index (χ2v) is 4.25. The van der Waals surface area contributed by atoms with Gasteiger partial charge in [-0.25, -0.2) is 0 Å². The molecule has 1 atom stereocenters. The summed E-state index contributed by atoms with van der Waals surface area (Å²) in [6.45, 7) is 1.96. The van der Waals surface area contributed by atoms with Gasteiger partial charge >= 0.3 is 5.97 Å². The molecule has 0 fully saturated rings. The lowest BCUT2D eigenvalue weighted by Gasteiger charge is -2.13. The second-order valence-electron chi connectivity index (χ2n) is 3.87. The van der Waals surface area contributed by atoms with Crippen LogP contribution in [0, 0.1) is 6.92 Å². The van der Waals surface area contributed by atoms with Crippen molar-refractivity contribution in [1.29, 1.82) is 0 Å². The van der Waals surface area contributed by atoms with Gasteiger partial charge in [0.05, 0.1) is 5.02 Å². The number of carboxylic acid groups (broad SMARTS) is 1. The Kier molecular flexibility index (Phi) is 3.13. The molecule has 92 valence electrons. The summed E-state index contributed by atoms with van der Waals surface area (Å²) in [5.41, 5.74) is 7.03. The highest BCUT2D eigenvalue weighted by Crippen LogP contribution is 2.42. The van der Waals surface area contributed by atoms with Gasteiger partial charge in [-0.15, -0.1) is 0 Å². The largest absolute Gasteiger partial charge is 0.480 e. The summed E-state index contributed by atoms with van der Waals surface area (Å²) in [6.07, 6.45) is 0.163. The van der Waals surface area contributed by atoms with Gasteiger partial charge in [0.1, 0.15) is 6.04 Å². The maximum atomic E-state index is 10.7. The molecule has 5 nitrogen and oxygen atoms in total. The lowest BCUT2D eigenvalue weighted by atomic mass is 10.0. The molecule has 1 unspecified atom stereocenters. The molecule has 0 aromatic heterocycles. The number of fused-ring (bicyclic) bond motifs is 1. The van der Waals surface area contributed by atoms with Crippen molar-refractivity contribution in [3.63, 3.8) is 0 Å². The molecule has 1 heterocycles. The van der Waals surface area contributed by atoms with Gasteiger partial charge in [0.2, 0.25) is 6.79 Å². The van der Waals surface area contributed by atoms with E-state index in [2.05, 4.69) is 0 Å². The molecule has 0 aliphatic carbocycles. The zero-order valence-electron chi connectivity index (χ0n) is 9.20. The van der Waals surface area contributed by atoms with Crippen LogP contribution in [0.25, 0.3) is 0 Å². The number of rotatable bonds is 3. The number of aliphatic carboxylic acids is 1. The standard InChI is InChI=1S/C11H12ClNO4/c1-5-2-8-10(17-4-16-8)9(12)6(5)3-7(13)11(14)15/h2,7H,3-4,13H2,1H3,(H,14,15). The Morgan fingerprint density at radius 2 is 2.35 bits per heavy atom. The predicted octanol–water partition coefficient (Wildman–Crippen LogP) is 1.33. The first-order valence-electron chi connectivity index (χ1n) is 5.06. The van der Waals surface area contributed by atoms with E-state index in [1.165, 1.54) is 0 Å². The number of halogens is 1. The molecule has 1 aliphatic heterocycles. The van der Waals surface area contributed by atoms with E-state index < -0.39 is 12.0 Å². The van der Waals surface area contributed by atoms with Crippen LogP contribution in [0.2, 0.25) is 5.02 Å². The van der Waals surface area contributed by atoms with Crippen LogP contribution in [0.4, 0.5) is 0 Å². The summed E-state index contributed by atoms with van der Waals surface area (Å²) in [4.78, 5) is 10.7. The predicted molar refractivity (Wildman–Crippen MR) is 61.6 cm³/mol. The quantitative estimate of drug-likeness (QED) is 0.854. The summed E-state index contributed by atoms with van der Waals surface area (Å²) >= 11 is 6.15. The number of carbonyl (C=O) groups is 1. The minimum Gasteiger partial charge on any atom is -0.480 e. The molecule has 1 aromatic rings. The van der Waals surface area contributed by atoms with Crippen LogP contribution >= 0.6 is 11.6 Å². The van der Waals surface area contributed by atoms with Gasteiger partial charge in [-0.3, -0.25) is 4.79 Å². The summed E-state index contributed by atoms with van der Waals surface area (Å²) in [6, 6.07) is 0.796. The summed E-state index contributed by atoms with van der Waals surface area (Å²) in [7, 11) is 0. The molecule has 2 rings (SSSR count). The Balaban J connectivity index is 2.38. The van der Waals surface area contributed by atoms with Crippen molar-refractivity contribution in [2.24, 2.45) is 5.73 Å². The van der Waals surface area contributed by atoms with E-state index in [1.807, 2.05) is 6.92 Å². The van der Waals surface area contributed by atoms with Gasteiger partial charge in [-0.1, -0.05) is 11.6 Å².